The largest absolute Gasteiger partial charge is 0.488 e. The van der Waals surface area contributed by atoms with Crippen LogP contribution in [0.2, 0.25) is 5.02 Å². The number of aromatic carboxylic acids is 1. The molecule has 0 saturated carbocycles. The SMILES string of the molecule is O=C(O)c1cccc2c1ccn2Cc1cc(F)ccc1OCc1cc(F)c(F)cc1Cl. The Bertz CT molecular complexity index is 1300. The van der Waals surface area contributed by atoms with Gasteiger partial charge in [-0.05, 0) is 48.5 Å². The highest BCUT2D eigenvalue weighted by Gasteiger charge is 2.14. The predicted octanol–water partition coefficient (Wildman–Crippen LogP) is 6.04. The molecule has 0 spiro atoms. The van der Waals surface area contributed by atoms with E-state index in [1.165, 1.54) is 24.3 Å². The van der Waals surface area contributed by atoms with Gasteiger partial charge in [-0.2, -0.15) is 0 Å². The van der Waals surface area contributed by atoms with E-state index in [-0.39, 0.29) is 29.3 Å². The Labute approximate surface area is 180 Å². The van der Waals surface area contributed by atoms with Crippen molar-refractivity contribution in [2.45, 2.75) is 13.2 Å². The molecule has 0 bridgehead atoms. The van der Waals surface area contributed by atoms with Crippen LogP contribution in [0.4, 0.5) is 13.2 Å². The zero-order chi connectivity index (χ0) is 22.1. The topological polar surface area (TPSA) is 51.5 Å². The maximum atomic E-state index is 13.9. The van der Waals surface area contributed by atoms with E-state index in [9.17, 15) is 23.1 Å². The summed E-state index contributed by atoms with van der Waals surface area (Å²) >= 11 is 5.95. The third kappa shape index (κ3) is 4.22. The summed E-state index contributed by atoms with van der Waals surface area (Å²) in [7, 11) is 0. The third-order valence-electron chi connectivity index (χ3n) is 4.88. The average molecular weight is 446 g/mol. The molecule has 0 amide bonds. The van der Waals surface area contributed by atoms with Crippen molar-refractivity contribution in [1.29, 1.82) is 0 Å². The number of carboxylic acids is 1. The molecular formula is C23H15ClF3NO3. The monoisotopic (exact) mass is 445 g/mol. The molecule has 0 aliphatic heterocycles. The molecule has 0 saturated heterocycles. The maximum Gasteiger partial charge on any atom is 0.336 e. The number of fused-ring (bicyclic) bond motifs is 1. The fourth-order valence-corrected chi connectivity index (χ4v) is 3.58. The standard InChI is InChI=1S/C23H15ClF3NO3/c24-18-10-20(27)19(26)9-14(18)12-31-22-5-4-15(25)8-13(22)11-28-7-6-16-17(23(29)30)2-1-3-21(16)28/h1-10H,11-12H2,(H,29,30). The second-order valence-corrected chi connectivity index (χ2v) is 7.29. The minimum atomic E-state index is -1.06. The molecule has 1 aromatic heterocycles. The minimum absolute atomic E-state index is 0.0140. The Morgan fingerprint density at radius 2 is 1.77 bits per heavy atom. The molecule has 0 atom stereocenters. The molecule has 0 aliphatic carbocycles. The lowest BCUT2D eigenvalue weighted by atomic mass is 10.1. The Morgan fingerprint density at radius 3 is 2.55 bits per heavy atom. The van der Waals surface area contributed by atoms with Crippen molar-refractivity contribution in [2.75, 3.05) is 0 Å². The van der Waals surface area contributed by atoms with E-state index in [1.807, 2.05) is 0 Å². The molecule has 0 aliphatic rings. The number of benzene rings is 3. The Kier molecular flexibility index (Phi) is 5.61. The van der Waals surface area contributed by atoms with Crippen LogP contribution in [-0.4, -0.2) is 15.6 Å². The van der Waals surface area contributed by atoms with E-state index in [2.05, 4.69) is 0 Å². The third-order valence-corrected chi connectivity index (χ3v) is 5.23. The molecule has 1 N–H and O–H groups in total. The van der Waals surface area contributed by atoms with Crippen molar-refractivity contribution in [1.82, 2.24) is 4.57 Å². The number of halogens is 4. The summed E-state index contributed by atoms with van der Waals surface area (Å²) in [6.45, 7) is 0.0510. The zero-order valence-corrected chi connectivity index (χ0v) is 16.7. The van der Waals surface area contributed by atoms with Gasteiger partial charge in [0.15, 0.2) is 11.6 Å². The summed E-state index contributed by atoms with van der Waals surface area (Å²) in [6, 6.07) is 12.4. The second kappa shape index (κ2) is 8.35. The van der Waals surface area contributed by atoms with E-state index in [0.29, 0.717) is 22.2 Å². The lowest BCUT2D eigenvalue weighted by molar-refractivity contribution is 0.0699. The van der Waals surface area contributed by atoms with Crippen LogP contribution in [0.5, 0.6) is 5.75 Å². The van der Waals surface area contributed by atoms with Crippen molar-refractivity contribution in [3.05, 3.63) is 100.0 Å². The van der Waals surface area contributed by atoms with E-state index in [1.54, 1.807) is 29.0 Å². The molecule has 0 radical (unpaired) electrons. The van der Waals surface area contributed by atoms with Crippen LogP contribution >= 0.6 is 11.6 Å². The van der Waals surface area contributed by atoms with Crippen molar-refractivity contribution in [3.8, 4) is 5.75 Å². The molecule has 31 heavy (non-hydrogen) atoms. The molecule has 0 fully saturated rings. The average Bonchev–Trinajstić information content (AvgIpc) is 3.13. The van der Waals surface area contributed by atoms with Crippen LogP contribution in [0.25, 0.3) is 10.9 Å². The molecule has 1 heterocycles. The van der Waals surface area contributed by atoms with Gasteiger partial charge in [0.2, 0.25) is 0 Å². The van der Waals surface area contributed by atoms with E-state index >= 15 is 0 Å². The van der Waals surface area contributed by atoms with Gasteiger partial charge < -0.3 is 14.4 Å². The van der Waals surface area contributed by atoms with Crippen molar-refractivity contribution in [2.24, 2.45) is 0 Å². The lowest BCUT2D eigenvalue weighted by Crippen LogP contribution is -2.05. The molecule has 4 nitrogen and oxygen atoms in total. The van der Waals surface area contributed by atoms with Gasteiger partial charge in [-0.3, -0.25) is 0 Å². The first kappa shape index (κ1) is 20.8. The Balaban J connectivity index is 1.64. The molecule has 158 valence electrons. The van der Waals surface area contributed by atoms with Crippen LogP contribution in [0.1, 0.15) is 21.5 Å². The highest BCUT2D eigenvalue weighted by Crippen LogP contribution is 2.27. The first-order chi connectivity index (χ1) is 14.8. The van der Waals surface area contributed by atoms with Gasteiger partial charge in [0.1, 0.15) is 18.2 Å². The number of rotatable bonds is 6. The summed E-state index contributed by atoms with van der Waals surface area (Å²) in [5.74, 6) is -3.29. The van der Waals surface area contributed by atoms with Crippen LogP contribution < -0.4 is 4.74 Å². The van der Waals surface area contributed by atoms with Crippen LogP contribution in [-0.2, 0) is 13.2 Å². The summed E-state index contributed by atoms with van der Waals surface area (Å²) in [5.41, 5.74) is 1.56. The quantitative estimate of drug-likeness (QED) is 0.368. The van der Waals surface area contributed by atoms with E-state index in [4.69, 9.17) is 16.3 Å². The molecule has 4 rings (SSSR count). The van der Waals surface area contributed by atoms with Gasteiger partial charge in [0.05, 0.1) is 17.1 Å². The molecule has 4 aromatic rings. The number of hydrogen-bond donors (Lipinski definition) is 1. The normalized spacial score (nSPS) is 11.1. The zero-order valence-electron chi connectivity index (χ0n) is 15.9. The summed E-state index contributed by atoms with van der Waals surface area (Å²) in [6.07, 6.45) is 1.71. The van der Waals surface area contributed by atoms with E-state index in [0.717, 1.165) is 12.1 Å². The number of nitrogens with zero attached hydrogens (tertiary/aromatic N) is 1. The van der Waals surface area contributed by atoms with Gasteiger partial charge in [0, 0.05) is 28.2 Å². The Morgan fingerprint density at radius 1 is 1.00 bits per heavy atom. The smallest absolute Gasteiger partial charge is 0.336 e. The summed E-state index contributed by atoms with van der Waals surface area (Å²) in [5, 5.41) is 9.93. The van der Waals surface area contributed by atoms with Gasteiger partial charge in [-0.1, -0.05) is 17.7 Å². The first-order valence-corrected chi connectivity index (χ1v) is 9.57. The predicted molar refractivity (Wildman–Crippen MR) is 110 cm³/mol. The van der Waals surface area contributed by atoms with Crippen LogP contribution in [0.15, 0.2) is 60.8 Å². The summed E-state index contributed by atoms with van der Waals surface area (Å²) < 4.78 is 48.2. The van der Waals surface area contributed by atoms with Crippen LogP contribution in [0, 0.1) is 17.5 Å². The molecule has 3 aromatic carbocycles. The van der Waals surface area contributed by atoms with Gasteiger partial charge >= 0.3 is 5.97 Å². The highest BCUT2D eigenvalue weighted by molar-refractivity contribution is 6.31. The highest BCUT2D eigenvalue weighted by atomic mass is 35.5. The van der Waals surface area contributed by atoms with Crippen molar-refractivity contribution >= 4 is 28.5 Å². The number of hydrogen-bond acceptors (Lipinski definition) is 2. The molecule has 8 heteroatoms. The number of ether oxygens (including phenoxy) is 1. The maximum absolute atomic E-state index is 13.9. The van der Waals surface area contributed by atoms with Gasteiger partial charge in [-0.15, -0.1) is 0 Å². The van der Waals surface area contributed by atoms with E-state index < -0.39 is 23.4 Å². The first-order valence-electron chi connectivity index (χ1n) is 9.19. The number of carbonyl (C=O) groups is 1. The second-order valence-electron chi connectivity index (χ2n) is 6.89. The fraction of sp³-hybridized carbons (Fsp3) is 0.0870. The summed E-state index contributed by atoms with van der Waals surface area (Å²) in [4.78, 5) is 11.4. The van der Waals surface area contributed by atoms with Crippen molar-refractivity contribution in [3.63, 3.8) is 0 Å². The van der Waals surface area contributed by atoms with Gasteiger partial charge in [0.25, 0.3) is 0 Å². The fourth-order valence-electron chi connectivity index (χ4n) is 3.37. The molecular weight excluding hydrogens is 431 g/mol. The van der Waals surface area contributed by atoms with Crippen molar-refractivity contribution < 1.29 is 27.8 Å². The van der Waals surface area contributed by atoms with Gasteiger partial charge in [-0.25, -0.2) is 18.0 Å². The number of carboxylic acid groups (broad SMARTS) is 1. The lowest BCUT2D eigenvalue weighted by Gasteiger charge is -2.14. The minimum Gasteiger partial charge on any atom is -0.488 e. The molecule has 0 unspecified atom stereocenters. The number of aromatic nitrogens is 1. The Hall–Kier alpha value is -3.45. The van der Waals surface area contributed by atoms with Crippen LogP contribution in [0.3, 0.4) is 0 Å².